The summed E-state index contributed by atoms with van der Waals surface area (Å²) in [6.07, 6.45) is 4.29. The molecule has 0 radical (unpaired) electrons. The number of carbonyl (C=O) groups is 2. The maximum absolute atomic E-state index is 12.6. The number of nitrogens with zero attached hydrogens (tertiary/aromatic N) is 3. The highest BCUT2D eigenvalue weighted by Gasteiger charge is 2.28. The number of aromatic nitrogens is 1. The van der Waals surface area contributed by atoms with E-state index in [0.29, 0.717) is 31.5 Å². The molecule has 1 aromatic heterocycles. The Labute approximate surface area is 150 Å². The Hall–Kier alpha value is -3.29. The molecule has 0 saturated carbocycles. The third kappa shape index (κ3) is 3.85. The smallest absolute Gasteiger partial charge is 0.282 e. The minimum absolute atomic E-state index is 0.0440. The van der Waals surface area contributed by atoms with Gasteiger partial charge < -0.3 is 10.2 Å². The van der Waals surface area contributed by atoms with Gasteiger partial charge >= 0.3 is 0 Å². The molecule has 0 aliphatic carbocycles. The number of rotatable bonds is 4. The van der Waals surface area contributed by atoms with Gasteiger partial charge in [-0.25, -0.2) is 0 Å². The first-order valence-electron chi connectivity index (χ1n) is 8.30. The Bertz CT molecular complexity index is 817. The van der Waals surface area contributed by atoms with Crippen molar-refractivity contribution in [3.8, 4) is 0 Å². The van der Waals surface area contributed by atoms with Gasteiger partial charge in [0.15, 0.2) is 0 Å². The van der Waals surface area contributed by atoms with Gasteiger partial charge in [-0.1, -0.05) is 12.1 Å². The van der Waals surface area contributed by atoms with Crippen molar-refractivity contribution in [2.24, 2.45) is 0 Å². The van der Waals surface area contributed by atoms with Crippen LogP contribution in [0.2, 0.25) is 0 Å². The Morgan fingerprint density at radius 3 is 2.54 bits per heavy atom. The van der Waals surface area contributed by atoms with E-state index in [1.165, 1.54) is 24.4 Å². The molecule has 1 saturated heterocycles. The van der Waals surface area contributed by atoms with Crippen molar-refractivity contribution >= 4 is 17.5 Å². The Morgan fingerprint density at radius 2 is 1.88 bits per heavy atom. The number of nitrogens with one attached hydrogen (secondary N) is 1. The lowest BCUT2D eigenvalue weighted by atomic mass is 10.0. The monoisotopic (exact) mass is 354 g/mol. The first kappa shape index (κ1) is 17.5. The second-order valence-electron chi connectivity index (χ2n) is 6.06. The van der Waals surface area contributed by atoms with Crippen LogP contribution in [-0.4, -0.2) is 45.8 Å². The molecule has 0 bridgehead atoms. The average Bonchev–Trinajstić information content (AvgIpc) is 2.68. The number of hydrogen-bond acceptors (Lipinski definition) is 5. The summed E-state index contributed by atoms with van der Waals surface area (Å²) in [5, 5.41) is 14.0. The lowest BCUT2D eigenvalue weighted by Crippen LogP contribution is -2.46. The molecule has 0 spiro atoms. The van der Waals surface area contributed by atoms with Gasteiger partial charge in [-0.15, -0.1) is 0 Å². The van der Waals surface area contributed by atoms with Crippen molar-refractivity contribution in [1.29, 1.82) is 0 Å². The fourth-order valence-electron chi connectivity index (χ4n) is 2.98. The summed E-state index contributed by atoms with van der Waals surface area (Å²) in [6, 6.07) is 9.29. The van der Waals surface area contributed by atoms with E-state index in [4.69, 9.17) is 0 Å². The molecule has 0 atom stereocenters. The first-order valence-corrected chi connectivity index (χ1v) is 8.30. The van der Waals surface area contributed by atoms with Gasteiger partial charge in [-0.3, -0.25) is 24.7 Å². The summed E-state index contributed by atoms with van der Waals surface area (Å²) in [5.41, 5.74) is 0.394. The summed E-state index contributed by atoms with van der Waals surface area (Å²) < 4.78 is 0. The van der Waals surface area contributed by atoms with E-state index in [2.05, 4.69) is 10.3 Å². The maximum Gasteiger partial charge on any atom is 0.282 e. The number of likely N-dealkylation sites (tertiary alicyclic amines) is 1. The molecule has 1 fully saturated rings. The highest BCUT2D eigenvalue weighted by Crippen LogP contribution is 2.21. The lowest BCUT2D eigenvalue weighted by molar-refractivity contribution is -0.385. The fourth-order valence-corrected chi connectivity index (χ4v) is 2.98. The minimum Gasteiger partial charge on any atom is -0.349 e. The highest BCUT2D eigenvalue weighted by atomic mass is 16.6. The molecule has 2 heterocycles. The molecule has 8 heteroatoms. The molecule has 26 heavy (non-hydrogen) atoms. The molecule has 1 aliphatic rings. The van der Waals surface area contributed by atoms with E-state index < -0.39 is 4.92 Å². The molecule has 134 valence electrons. The molecule has 1 aromatic carbocycles. The van der Waals surface area contributed by atoms with Gasteiger partial charge in [-0.05, 0) is 31.0 Å². The normalized spacial score (nSPS) is 14.7. The van der Waals surface area contributed by atoms with Gasteiger partial charge in [0.1, 0.15) is 5.56 Å². The number of para-hydroxylation sites is 1. The van der Waals surface area contributed by atoms with Gasteiger partial charge in [0.05, 0.1) is 10.5 Å². The maximum atomic E-state index is 12.6. The molecule has 8 nitrogen and oxygen atoms in total. The van der Waals surface area contributed by atoms with Gasteiger partial charge in [-0.2, -0.15) is 0 Å². The zero-order valence-electron chi connectivity index (χ0n) is 14.0. The Morgan fingerprint density at radius 1 is 1.15 bits per heavy atom. The van der Waals surface area contributed by atoms with Crippen LogP contribution >= 0.6 is 0 Å². The van der Waals surface area contributed by atoms with Crippen LogP contribution in [0.4, 0.5) is 5.69 Å². The van der Waals surface area contributed by atoms with E-state index >= 15 is 0 Å². The number of nitro benzene ring substituents is 1. The number of hydrogen-bond donors (Lipinski definition) is 1. The summed E-state index contributed by atoms with van der Waals surface area (Å²) in [7, 11) is 0. The van der Waals surface area contributed by atoms with Crippen LogP contribution in [0, 0.1) is 10.1 Å². The van der Waals surface area contributed by atoms with Gasteiger partial charge in [0.2, 0.25) is 0 Å². The Kier molecular flexibility index (Phi) is 5.21. The van der Waals surface area contributed by atoms with Crippen molar-refractivity contribution in [2.75, 3.05) is 13.1 Å². The first-order chi connectivity index (χ1) is 12.6. The van der Waals surface area contributed by atoms with Crippen molar-refractivity contribution in [3.05, 3.63) is 70.0 Å². The largest absolute Gasteiger partial charge is 0.349 e. The summed E-state index contributed by atoms with van der Waals surface area (Å²) in [4.78, 5) is 40.8. The zero-order valence-corrected chi connectivity index (χ0v) is 14.0. The zero-order chi connectivity index (χ0) is 18.5. The molecule has 3 rings (SSSR count). The van der Waals surface area contributed by atoms with Crippen LogP contribution in [0.5, 0.6) is 0 Å². The van der Waals surface area contributed by atoms with Gasteiger partial charge in [0.25, 0.3) is 17.5 Å². The van der Waals surface area contributed by atoms with Crippen LogP contribution in [0.25, 0.3) is 0 Å². The minimum atomic E-state index is -0.548. The quantitative estimate of drug-likeness (QED) is 0.668. The Balaban J connectivity index is 1.59. The number of piperidine rings is 1. The van der Waals surface area contributed by atoms with Crippen LogP contribution in [0.15, 0.2) is 48.8 Å². The predicted molar refractivity (Wildman–Crippen MR) is 93.7 cm³/mol. The number of nitro groups is 1. The predicted octanol–water partition coefficient (Wildman–Crippen LogP) is 2.02. The number of carbonyl (C=O) groups excluding carboxylic acids is 2. The third-order valence-electron chi connectivity index (χ3n) is 4.37. The molecular formula is C18H18N4O4. The number of benzene rings is 1. The molecule has 2 aromatic rings. The summed E-state index contributed by atoms with van der Waals surface area (Å²) in [6.45, 7) is 0.867. The molecule has 2 amide bonds. The highest BCUT2D eigenvalue weighted by molar-refractivity contribution is 5.98. The standard InChI is InChI=1S/C18H18N4O4/c23-17(13-4-3-9-19-12-13)20-14-7-10-21(11-8-14)18(24)15-5-1-2-6-16(15)22(25)26/h1-6,9,12,14H,7-8,10-11H2,(H,20,23). The molecule has 0 unspecified atom stereocenters. The van der Waals surface area contributed by atoms with Crippen LogP contribution in [-0.2, 0) is 0 Å². The van der Waals surface area contributed by atoms with E-state index in [0.717, 1.165) is 0 Å². The number of amides is 2. The molecule has 1 aliphatic heterocycles. The van der Waals surface area contributed by atoms with E-state index in [1.807, 2.05) is 0 Å². The molecule has 1 N–H and O–H groups in total. The van der Waals surface area contributed by atoms with Crippen molar-refractivity contribution in [3.63, 3.8) is 0 Å². The lowest BCUT2D eigenvalue weighted by Gasteiger charge is -2.32. The van der Waals surface area contributed by atoms with Crippen molar-refractivity contribution in [2.45, 2.75) is 18.9 Å². The van der Waals surface area contributed by atoms with E-state index in [9.17, 15) is 19.7 Å². The average molecular weight is 354 g/mol. The topological polar surface area (TPSA) is 105 Å². The van der Waals surface area contributed by atoms with E-state index in [-0.39, 0.29) is 29.1 Å². The van der Waals surface area contributed by atoms with Crippen LogP contribution in [0.1, 0.15) is 33.6 Å². The van der Waals surface area contributed by atoms with Crippen molar-refractivity contribution < 1.29 is 14.5 Å². The van der Waals surface area contributed by atoms with Crippen LogP contribution < -0.4 is 5.32 Å². The fraction of sp³-hybridized carbons (Fsp3) is 0.278. The second kappa shape index (κ2) is 7.73. The number of pyridine rings is 1. The summed E-state index contributed by atoms with van der Waals surface area (Å²) in [5.74, 6) is -0.545. The van der Waals surface area contributed by atoms with Crippen LogP contribution in [0.3, 0.4) is 0 Å². The van der Waals surface area contributed by atoms with Gasteiger partial charge in [0, 0.05) is 37.6 Å². The SMILES string of the molecule is O=C(NC1CCN(C(=O)c2ccccc2[N+](=O)[O-])CC1)c1cccnc1. The van der Waals surface area contributed by atoms with Crippen molar-refractivity contribution in [1.82, 2.24) is 15.2 Å². The van der Waals surface area contributed by atoms with E-state index in [1.54, 1.807) is 29.3 Å². The third-order valence-corrected chi connectivity index (χ3v) is 4.37. The summed E-state index contributed by atoms with van der Waals surface area (Å²) >= 11 is 0. The second-order valence-corrected chi connectivity index (χ2v) is 6.06. The molecular weight excluding hydrogens is 336 g/mol.